The van der Waals surface area contributed by atoms with Crippen molar-refractivity contribution in [1.29, 1.82) is 0 Å². The third kappa shape index (κ3) is 4.82. The number of hydrogen-bond acceptors (Lipinski definition) is 2. The minimum absolute atomic E-state index is 0.0879. The van der Waals surface area contributed by atoms with Crippen molar-refractivity contribution in [3.63, 3.8) is 0 Å². The first-order chi connectivity index (χ1) is 13.5. The van der Waals surface area contributed by atoms with Crippen LogP contribution in [0.2, 0.25) is 0 Å². The molecular formula is C23H21FN2O2. The van der Waals surface area contributed by atoms with Crippen molar-refractivity contribution >= 4 is 17.5 Å². The highest BCUT2D eigenvalue weighted by Gasteiger charge is 2.19. The Morgan fingerprint density at radius 3 is 2.00 bits per heavy atom. The Morgan fingerprint density at radius 2 is 1.43 bits per heavy atom. The van der Waals surface area contributed by atoms with Gasteiger partial charge in [0.2, 0.25) is 0 Å². The monoisotopic (exact) mass is 376 g/mol. The molecule has 0 bridgehead atoms. The first-order valence-electron chi connectivity index (χ1n) is 9.00. The number of halogens is 1. The molecule has 0 atom stereocenters. The van der Waals surface area contributed by atoms with Crippen molar-refractivity contribution in [1.82, 2.24) is 5.32 Å². The van der Waals surface area contributed by atoms with E-state index in [4.69, 9.17) is 0 Å². The maximum atomic E-state index is 13.4. The molecule has 0 radical (unpaired) electrons. The summed E-state index contributed by atoms with van der Waals surface area (Å²) in [5.41, 5.74) is 3.03. The molecule has 3 aromatic rings. The molecule has 0 unspecified atom stereocenters. The minimum atomic E-state index is -0.825. The van der Waals surface area contributed by atoms with Gasteiger partial charge in [-0.25, -0.2) is 4.39 Å². The van der Waals surface area contributed by atoms with Gasteiger partial charge in [0.05, 0.1) is 0 Å². The van der Waals surface area contributed by atoms with E-state index in [1.54, 1.807) is 13.0 Å². The van der Waals surface area contributed by atoms with E-state index in [9.17, 15) is 14.0 Å². The number of carbonyl (C=O) groups is 2. The van der Waals surface area contributed by atoms with Crippen molar-refractivity contribution in [2.24, 2.45) is 0 Å². The van der Waals surface area contributed by atoms with Crippen molar-refractivity contribution in [2.75, 3.05) is 11.9 Å². The maximum Gasteiger partial charge on any atom is 0.313 e. The summed E-state index contributed by atoms with van der Waals surface area (Å²) in [7, 11) is 0. The van der Waals surface area contributed by atoms with Gasteiger partial charge >= 0.3 is 11.8 Å². The molecule has 2 N–H and O–H groups in total. The number of nitrogens with one attached hydrogen (secondary N) is 2. The number of carbonyl (C=O) groups excluding carboxylic acids is 2. The zero-order chi connectivity index (χ0) is 19.9. The van der Waals surface area contributed by atoms with Crippen molar-refractivity contribution in [3.8, 4) is 0 Å². The second-order valence-electron chi connectivity index (χ2n) is 6.50. The number of aryl methyl sites for hydroxylation is 1. The molecule has 0 aliphatic rings. The van der Waals surface area contributed by atoms with Crippen LogP contribution in [0.25, 0.3) is 0 Å². The summed E-state index contributed by atoms with van der Waals surface area (Å²) < 4.78 is 13.4. The van der Waals surface area contributed by atoms with Gasteiger partial charge in [0.15, 0.2) is 0 Å². The van der Waals surface area contributed by atoms with Gasteiger partial charge in [-0.1, -0.05) is 66.7 Å². The van der Waals surface area contributed by atoms with E-state index in [0.717, 1.165) is 11.1 Å². The molecule has 0 saturated carbocycles. The molecule has 0 saturated heterocycles. The Balaban J connectivity index is 1.70. The van der Waals surface area contributed by atoms with Gasteiger partial charge in [-0.3, -0.25) is 9.59 Å². The van der Waals surface area contributed by atoms with E-state index in [2.05, 4.69) is 10.6 Å². The van der Waals surface area contributed by atoms with E-state index >= 15 is 0 Å². The lowest BCUT2D eigenvalue weighted by molar-refractivity contribution is -0.136. The van der Waals surface area contributed by atoms with E-state index in [-0.39, 0.29) is 18.2 Å². The average molecular weight is 376 g/mol. The molecule has 0 fully saturated rings. The highest BCUT2D eigenvalue weighted by Crippen LogP contribution is 2.23. The zero-order valence-corrected chi connectivity index (χ0v) is 15.5. The predicted molar refractivity (Wildman–Crippen MR) is 108 cm³/mol. The van der Waals surface area contributed by atoms with E-state index in [1.165, 1.54) is 12.1 Å². The summed E-state index contributed by atoms with van der Waals surface area (Å²) in [5.74, 6) is -2.15. The van der Waals surface area contributed by atoms with Crippen LogP contribution in [0.15, 0.2) is 78.9 Å². The Morgan fingerprint density at radius 1 is 0.857 bits per heavy atom. The van der Waals surface area contributed by atoms with Crippen LogP contribution >= 0.6 is 0 Å². The number of rotatable bonds is 5. The molecular weight excluding hydrogens is 355 g/mol. The van der Waals surface area contributed by atoms with Gasteiger partial charge in [-0.2, -0.15) is 0 Å². The normalized spacial score (nSPS) is 10.5. The van der Waals surface area contributed by atoms with Crippen LogP contribution in [-0.2, 0) is 9.59 Å². The maximum absolute atomic E-state index is 13.4. The molecule has 142 valence electrons. The summed E-state index contributed by atoms with van der Waals surface area (Å²) in [6.45, 7) is 2.00. The van der Waals surface area contributed by atoms with E-state index in [0.29, 0.717) is 5.56 Å². The first kappa shape index (κ1) is 19.3. The van der Waals surface area contributed by atoms with E-state index in [1.807, 2.05) is 60.7 Å². The summed E-state index contributed by atoms with van der Waals surface area (Å²) >= 11 is 0. The van der Waals surface area contributed by atoms with Crippen LogP contribution in [0.3, 0.4) is 0 Å². The Bertz CT molecular complexity index is 919. The Kier molecular flexibility index (Phi) is 6.17. The number of benzene rings is 3. The molecule has 3 rings (SSSR count). The van der Waals surface area contributed by atoms with Gasteiger partial charge in [0.25, 0.3) is 0 Å². The fourth-order valence-corrected chi connectivity index (χ4v) is 2.98. The lowest BCUT2D eigenvalue weighted by atomic mass is 9.91. The minimum Gasteiger partial charge on any atom is -0.347 e. The van der Waals surface area contributed by atoms with Gasteiger partial charge in [-0.15, -0.1) is 0 Å². The third-order valence-electron chi connectivity index (χ3n) is 4.52. The van der Waals surface area contributed by atoms with Crippen LogP contribution < -0.4 is 10.6 Å². The molecule has 0 heterocycles. The van der Waals surface area contributed by atoms with Crippen molar-refractivity contribution in [2.45, 2.75) is 12.8 Å². The summed E-state index contributed by atoms with van der Waals surface area (Å²) in [6.07, 6.45) is 0. The van der Waals surface area contributed by atoms with Gasteiger partial charge in [-0.05, 0) is 35.7 Å². The number of hydrogen-bond donors (Lipinski definition) is 2. The Labute approximate surface area is 163 Å². The fraction of sp³-hybridized carbons (Fsp3) is 0.130. The highest BCUT2D eigenvalue weighted by molar-refractivity contribution is 6.39. The third-order valence-corrected chi connectivity index (χ3v) is 4.52. The van der Waals surface area contributed by atoms with Crippen LogP contribution in [-0.4, -0.2) is 18.4 Å². The van der Waals surface area contributed by atoms with Gasteiger partial charge in [0, 0.05) is 18.2 Å². The summed E-state index contributed by atoms with van der Waals surface area (Å²) in [6, 6.07) is 23.6. The average Bonchev–Trinajstić information content (AvgIpc) is 2.72. The topological polar surface area (TPSA) is 58.2 Å². The standard InChI is InChI=1S/C23H21FN2O2/c1-16-12-13-19(24)14-21(16)26-23(28)22(27)25-15-20(17-8-4-2-5-9-17)18-10-6-3-7-11-18/h2-14,20H,15H2,1H3,(H,25,27)(H,26,28). The summed E-state index contributed by atoms with van der Waals surface area (Å²) in [5, 5.41) is 5.15. The lowest BCUT2D eigenvalue weighted by Crippen LogP contribution is -2.38. The smallest absolute Gasteiger partial charge is 0.313 e. The van der Waals surface area contributed by atoms with Gasteiger partial charge in [0.1, 0.15) is 5.82 Å². The zero-order valence-electron chi connectivity index (χ0n) is 15.5. The highest BCUT2D eigenvalue weighted by atomic mass is 19.1. The predicted octanol–water partition coefficient (Wildman–Crippen LogP) is 4.02. The largest absolute Gasteiger partial charge is 0.347 e. The molecule has 3 aromatic carbocycles. The van der Waals surface area contributed by atoms with E-state index < -0.39 is 17.6 Å². The molecule has 2 amide bonds. The quantitative estimate of drug-likeness (QED) is 0.661. The number of anilines is 1. The molecule has 0 aliphatic carbocycles. The molecule has 0 aromatic heterocycles. The van der Waals surface area contributed by atoms with Crippen molar-refractivity contribution in [3.05, 3.63) is 101 Å². The molecule has 0 aliphatic heterocycles. The van der Waals surface area contributed by atoms with Crippen LogP contribution in [0.1, 0.15) is 22.6 Å². The second-order valence-corrected chi connectivity index (χ2v) is 6.50. The van der Waals surface area contributed by atoms with Crippen LogP contribution in [0, 0.1) is 12.7 Å². The number of amides is 2. The second kappa shape index (κ2) is 8.95. The molecule has 4 nitrogen and oxygen atoms in total. The molecule has 28 heavy (non-hydrogen) atoms. The van der Waals surface area contributed by atoms with Gasteiger partial charge < -0.3 is 10.6 Å². The fourth-order valence-electron chi connectivity index (χ4n) is 2.98. The Hall–Kier alpha value is -3.47. The first-order valence-corrected chi connectivity index (χ1v) is 9.00. The van der Waals surface area contributed by atoms with Crippen molar-refractivity contribution < 1.29 is 14.0 Å². The lowest BCUT2D eigenvalue weighted by Gasteiger charge is -2.19. The van der Waals surface area contributed by atoms with Crippen LogP contribution in [0.4, 0.5) is 10.1 Å². The molecule has 0 spiro atoms. The SMILES string of the molecule is Cc1ccc(F)cc1NC(=O)C(=O)NCC(c1ccccc1)c1ccccc1. The van der Waals surface area contributed by atoms with Crippen LogP contribution in [0.5, 0.6) is 0 Å². The molecule has 5 heteroatoms. The summed E-state index contributed by atoms with van der Waals surface area (Å²) in [4.78, 5) is 24.5.